The van der Waals surface area contributed by atoms with Gasteiger partial charge in [-0.2, -0.15) is 0 Å². The van der Waals surface area contributed by atoms with E-state index in [2.05, 4.69) is 0 Å². The van der Waals surface area contributed by atoms with Gasteiger partial charge in [-0.25, -0.2) is 17.9 Å². The Morgan fingerprint density at radius 1 is 1.60 bits per heavy atom. The quantitative estimate of drug-likeness (QED) is 0.541. The highest BCUT2D eigenvalue weighted by molar-refractivity contribution is 4.65. The zero-order valence-electron chi connectivity index (χ0n) is 5.67. The molecule has 0 saturated carbocycles. The summed E-state index contributed by atoms with van der Waals surface area (Å²) in [5.41, 5.74) is 0. The molecule has 0 aliphatic rings. The molecule has 56 valence electrons. The van der Waals surface area contributed by atoms with Crippen LogP contribution in [-0.2, 0) is 13.6 Å². The van der Waals surface area contributed by atoms with E-state index in [1.807, 2.05) is 0 Å². The van der Waals surface area contributed by atoms with E-state index in [1.165, 1.54) is 4.57 Å². The summed E-state index contributed by atoms with van der Waals surface area (Å²) in [4.78, 5) is 0. The van der Waals surface area contributed by atoms with Crippen LogP contribution in [0.4, 0.5) is 8.78 Å². The molecule has 2 nitrogen and oxygen atoms in total. The Labute approximate surface area is 57.7 Å². The molecule has 1 rings (SSSR count). The maximum absolute atomic E-state index is 11.7. The van der Waals surface area contributed by atoms with Gasteiger partial charge in [0.25, 0.3) is 6.43 Å². The molecule has 1 heterocycles. The van der Waals surface area contributed by atoms with Crippen LogP contribution < -0.4 is 4.57 Å². The maximum Gasteiger partial charge on any atom is 0.275 e. The fourth-order valence-corrected chi connectivity index (χ4v) is 0.769. The van der Waals surface area contributed by atoms with Crippen molar-refractivity contribution in [2.24, 2.45) is 7.05 Å². The highest BCUT2D eigenvalue weighted by Gasteiger charge is 2.07. The molecule has 0 aliphatic carbocycles. The van der Waals surface area contributed by atoms with Crippen LogP contribution in [0.3, 0.4) is 0 Å². The second-order valence-electron chi connectivity index (χ2n) is 2.17. The van der Waals surface area contributed by atoms with Crippen molar-refractivity contribution in [1.29, 1.82) is 0 Å². The first-order valence-corrected chi connectivity index (χ1v) is 2.97. The van der Waals surface area contributed by atoms with Gasteiger partial charge in [0.2, 0.25) is 6.33 Å². The molecule has 0 N–H and O–H groups in total. The Bertz CT molecular complexity index is 207. The van der Waals surface area contributed by atoms with E-state index >= 15 is 0 Å². The number of rotatable bonds is 2. The molecule has 10 heavy (non-hydrogen) atoms. The minimum Gasteiger partial charge on any atom is -0.240 e. The second kappa shape index (κ2) is 2.77. The molecule has 0 unspecified atom stereocenters. The molecule has 0 fully saturated rings. The van der Waals surface area contributed by atoms with Crippen LogP contribution in [0, 0.1) is 0 Å². The Balaban J connectivity index is 2.58. The van der Waals surface area contributed by atoms with Crippen molar-refractivity contribution in [2.45, 2.75) is 13.0 Å². The van der Waals surface area contributed by atoms with Gasteiger partial charge in [0.1, 0.15) is 12.4 Å². The SMILES string of the molecule is C[n+]1ccn(CC(F)F)c1. The smallest absolute Gasteiger partial charge is 0.240 e. The minimum atomic E-state index is -2.27. The van der Waals surface area contributed by atoms with Gasteiger partial charge in [-0.05, 0) is 0 Å². The molecular weight excluding hydrogens is 138 g/mol. The lowest BCUT2D eigenvalue weighted by Crippen LogP contribution is -2.24. The molecule has 0 atom stereocenters. The van der Waals surface area contributed by atoms with E-state index < -0.39 is 6.43 Å². The first-order chi connectivity index (χ1) is 4.68. The van der Waals surface area contributed by atoms with Crippen LogP contribution in [0.5, 0.6) is 0 Å². The van der Waals surface area contributed by atoms with E-state index in [4.69, 9.17) is 0 Å². The number of aryl methyl sites for hydroxylation is 1. The molecule has 0 radical (unpaired) electrons. The van der Waals surface area contributed by atoms with Gasteiger partial charge >= 0.3 is 0 Å². The third-order valence-electron chi connectivity index (χ3n) is 1.17. The predicted molar refractivity (Wildman–Crippen MR) is 31.6 cm³/mol. The van der Waals surface area contributed by atoms with Crippen molar-refractivity contribution in [3.8, 4) is 0 Å². The van der Waals surface area contributed by atoms with Gasteiger partial charge in [0.15, 0.2) is 6.54 Å². The summed E-state index contributed by atoms with van der Waals surface area (Å²) in [6.45, 7) is -0.221. The Kier molecular flexibility index (Phi) is 1.99. The second-order valence-corrected chi connectivity index (χ2v) is 2.17. The molecule has 0 aromatic carbocycles. The molecule has 0 bridgehead atoms. The summed E-state index contributed by atoms with van der Waals surface area (Å²) in [5, 5.41) is 0. The molecule has 0 saturated heterocycles. The van der Waals surface area contributed by atoms with Crippen LogP contribution in [0.1, 0.15) is 0 Å². The lowest BCUT2D eigenvalue weighted by Gasteiger charge is -1.91. The first-order valence-electron chi connectivity index (χ1n) is 2.97. The van der Waals surface area contributed by atoms with Crippen LogP contribution in [0.2, 0.25) is 0 Å². The van der Waals surface area contributed by atoms with E-state index in [1.54, 1.807) is 30.3 Å². The third kappa shape index (κ3) is 1.79. The lowest BCUT2D eigenvalue weighted by molar-refractivity contribution is -0.671. The number of alkyl halides is 2. The third-order valence-corrected chi connectivity index (χ3v) is 1.17. The maximum atomic E-state index is 11.7. The molecule has 1 aromatic heterocycles. The number of hydrogen-bond donors (Lipinski definition) is 0. The highest BCUT2D eigenvalue weighted by Crippen LogP contribution is 1.95. The van der Waals surface area contributed by atoms with Crippen molar-refractivity contribution >= 4 is 0 Å². The van der Waals surface area contributed by atoms with Crippen LogP contribution in [0.25, 0.3) is 0 Å². The van der Waals surface area contributed by atoms with Crippen LogP contribution in [0.15, 0.2) is 18.7 Å². The van der Waals surface area contributed by atoms with E-state index in [9.17, 15) is 8.78 Å². The number of hydrogen-bond acceptors (Lipinski definition) is 0. The van der Waals surface area contributed by atoms with Gasteiger partial charge < -0.3 is 0 Å². The van der Waals surface area contributed by atoms with E-state index in [0.29, 0.717) is 0 Å². The summed E-state index contributed by atoms with van der Waals surface area (Å²) in [5.74, 6) is 0. The van der Waals surface area contributed by atoms with Gasteiger partial charge in [-0.1, -0.05) is 0 Å². The fourth-order valence-electron chi connectivity index (χ4n) is 0.769. The predicted octanol–water partition coefficient (Wildman–Crippen LogP) is 0.578. The van der Waals surface area contributed by atoms with Gasteiger partial charge in [0, 0.05) is 0 Å². The van der Waals surface area contributed by atoms with Crippen LogP contribution in [-0.4, -0.2) is 11.0 Å². The van der Waals surface area contributed by atoms with Crippen molar-refractivity contribution < 1.29 is 13.3 Å². The monoisotopic (exact) mass is 147 g/mol. The molecule has 4 heteroatoms. The molecule has 0 spiro atoms. The molecule has 0 amide bonds. The van der Waals surface area contributed by atoms with Gasteiger partial charge in [-0.3, -0.25) is 0 Å². The average Bonchev–Trinajstić information content (AvgIpc) is 2.13. The zero-order valence-corrected chi connectivity index (χ0v) is 5.67. The Hall–Kier alpha value is -0.930. The Morgan fingerprint density at radius 2 is 2.30 bits per heavy atom. The normalized spacial score (nSPS) is 10.8. The summed E-state index contributed by atoms with van der Waals surface area (Å²) in [6, 6.07) is 0. The van der Waals surface area contributed by atoms with Gasteiger partial charge in [0.05, 0.1) is 7.05 Å². The fraction of sp³-hybridized carbons (Fsp3) is 0.500. The van der Waals surface area contributed by atoms with E-state index in [0.717, 1.165) is 0 Å². The highest BCUT2D eigenvalue weighted by atomic mass is 19.3. The number of halogens is 2. The number of imidazole rings is 1. The van der Waals surface area contributed by atoms with Crippen molar-refractivity contribution in [1.82, 2.24) is 4.57 Å². The van der Waals surface area contributed by atoms with Gasteiger partial charge in [-0.15, -0.1) is 0 Å². The number of nitrogens with zero attached hydrogens (tertiary/aromatic N) is 2. The lowest BCUT2D eigenvalue weighted by atomic mass is 10.6. The summed E-state index contributed by atoms with van der Waals surface area (Å²) in [7, 11) is 1.79. The summed E-state index contributed by atoms with van der Waals surface area (Å²) < 4.78 is 26.6. The zero-order chi connectivity index (χ0) is 7.56. The minimum absolute atomic E-state index is 0.221. The largest absolute Gasteiger partial charge is 0.275 e. The molecule has 0 aliphatic heterocycles. The molecule has 1 aromatic rings. The summed E-state index contributed by atoms with van der Waals surface area (Å²) in [6.07, 6.45) is 2.69. The first kappa shape index (κ1) is 7.18. The van der Waals surface area contributed by atoms with Crippen molar-refractivity contribution in [2.75, 3.05) is 0 Å². The average molecular weight is 147 g/mol. The topological polar surface area (TPSA) is 8.81 Å². The summed E-state index contributed by atoms with van der Waals surface area (Å²) >= 11 is 0. The van der Waals surface area contributed by atoms with Crippen LogP contribution >= 0.6 is 0 Å². The Morgan fingerprint density at radius 3 is 2.70 bits per heavy atom. The molecular formula is C6H9F2N2+. The van der Waals surface area contributed by atoms with E-state index in [-0.39, 0.29) is 6.54 Å². The standard InChI is InChI=1S/C6H9F2N2/c1-9-2-3-10(5-9)4-6(7)8/h2-3,5-6H,4H2,1H3/q+1. The van der Waals surface area contributed by atoms with Crippen molar-refractivity contribution in [3.05, 3.63) is 18.7 Å². The number of aromatic nitrogens is 2. The van der Waals surface area contributed by atoms with Crippen molar-refractivity contribution in [3.63, 3.8) is 0 Å².